The van der Waals surface area contributed by atoms with Crippen molar-refractivity contribution in [3.8, 4) is 0 Å². The van der Waals surface area contributed by atoms with Crippen LogP contribution in [0.5, 0.6) is 0 Å². The maximum atomic E-state index is 12.7. The van der Waals surface area contributed by atoms with Gasteiger partial charge in [0.15, 0.2) is 12.4 Å². The fraction of sp³-hybridized carbons (Fsp3) is 0.814. The summed E-state index contributed by atoms with van der Waals surface area (Å²) in [6.07, 6.45) is 30.0. The Morgan fingerprint density at radius 2 is 1.06 bits per heavy atom. The number of allylic oxidation sites excluding steroid dienone is 6. The van der Waals surface area contributed by atoms with Crippen molar-refractivity contribution in [3.63, 3.8) is 0 Å². The molecular weight excluding hydrogens is 676 g/mol. The van der Waals surface area contributed by atoms with E-state index < -0.39 is 55.4 Å². The minimum absolute atomic E-state index is 0.216. The number of carbonyl (C=O) groups excluding carboxylic acids is 2. The number of hydrogen-bond acceptors (Lipinski definition) is 10. The SMILES string of the molecule is CCCCC/C=C\C/C=C\CCCCCCCC(=O)OCC(CO[C@@H]1OC(CO)[C@H](O)C(O)C1O)OC(=O)CCCCCCC/C=C\CCCCCC. The molecule has 0 aromatic heterocycles. The topological polar surface area (TPSA) is 152 Å². The highest BCUT2D eigenvalue weighted by molar-refractivity contribution is 5.70. The van der Waals surface area contributed by atoms with Gasteiger partial charge in [0.1, 0.15) is 31.0 Å². The summed E-state index contributed by atoms with van der Waals surface area (Å²) in [5.74, 6) is -0.834. The van der Waals surface area contributed by atoms with E-state index in [0.717, 1.165) is 77.0 Å². The van der Waals surface area contributed by atoms with Gasteiger partial charge in [0.05, 0.1) is 13.2 Å². The minimum Gasteiger partial charge on any atom is -0.462 e. The molecule has 1 aliphatic heterocycles. The van der Waals surface area contributed by atoms with E-state index in [1.807, 2.05) is 0 Å². The van der Waals surface area contributed by atoms with E-state index in [0.29, 0.717) is 12.8 Å². The monoisotopic (exact) mass is 753 g/mol. The van der Waals surface area contributed by atoms with Crippen LogP contribution in [0.2, 0.25) is 0 Å². The Labute approximate surface area is 321 Å². The van der Waals surface area contributed by atoms with Crippen LogP contribution in [0.1, 0.15) is 168 Å². The summed E-state index contributed by atoms with van der Waals surface area (Å²) in [4.78, 5) is 25.2. The maximum absolute atomic E-state index is 12.7. The Morgan fingerprint density at radius 1 is 0.585 bits per heavy atom. The zero-order valence-electron chi connectivity index (χ0n) is 33.3. The van der Waals surface area contributed by atoms with Gasteiger partial charge in [-0.05, 0) is 70.6 Å². The summed E-state index contributed by atoms with van der Waals surface area (Å²) in [6, 6.07) is 0. The third kappa shape index (κ3) is 26.4. The van der Waals surface area contributed by atoms with Gasteiger partial charge in [-0.1, -0.05) is 121 Å². The lowest BCUT2D eigenvalue weighted by molar-refractivity contribution is -0.305. The number of hydrogen-bond donors (Lipinski definition) is 4. The summed E-state index contributed by atoms with van der Waals surface area (Å²) in [5.41, 5.74) is 0. The molecule has 0 spiro atoms. The zero-order valence-corrected chi connectivity index (χ0v) is 33.3. The van der Waals surface area contributed by atoms with Gasteiger partial charge >= 0.3 is 11.9 Å². The number of ether oxygens (including phenoxy) is 4. The Bertz CT molecular complexity index is 965. The molecule has 4 unspecified atom stereocenters. The maximum Gasteiger partial charge on any atom is 0.306 e. The first kappa shape index (κ1) is 48.9. The molecule has 6 atom stereocenters. The Hall–Kier alpha value is -2.08. The molecule has 1 fully saturated rings. The highest BCUT2D eigenvalue weighted by Gasteiger charge is 2.44. The first-order chi connectivity index (χ1) is 25.8. The highest BCUT2D eigenvalue weighted by Crippen LogP contribution is 2.22. The van der Waals surface area contributed by atoms with Crippen LogP contribution in [-0.2, 0) is 28.5 Å². The molecule has 0 bridgehead atoms. The first-order valence-electron chi connectivity index (χ1n) is 21.1. The van der Waals surface area contributed by atoms with E-state index in [1.165, 1.54) is 51.4 Å². The average molecular weight is 753 g/mol. The summed E-state index contributed by atoms with van der Waals surface area (Å²) >= 11 is 0. The fourth-order valence-corrected chi connectivity index (χ4v) is 6.09. The van der Waals surface area contributed by atoms with E-state index in [4.69, 9.17) is 18.9 Å². The van der Waals surface area contributed by atoms with E-state index in [2.05, 4.69) is 50.3 Å². The first-order valence-corrected chi connectivity index (χ1v) is 21.1. The molecule has 0 aromatic carbocycles. The van der Waals surface area contributed by atoms with Crippen molar-refractivity contribution < 1.29 is 49.0 Å². The van der Waals surface area contributed by atoms with E-state index in [-0.39, 0.29) is 26.1 Å². The Balaban J connectivity index is 2.38. The normalized spacial score (nSPS) is 21.2. The van der Waals surface area contributed by atoms with Crippen LogP contribution in [0.3, 0.4) is 0 Å². The second kappa shape index (κ2) is 34.4. The zero-order chi connectivity index (χ0) is 38.8. The van der Waals surface area contributed by atoms with Gasteiger partial charge in [0.25, 0.3) is 0 Å². The lowest BCUT2D eigenvalue weighted by atomic mass is 9.99. The molecule has 10 heteroatoms. The van der Waals surface area contributed by atoms with Crippen molar-refractivity contribution in [3.05, 3.63) is 36.5 Å². The van der Waals surface area contributed by atoms with Gasteiger partial charge in [-0.2, -0.15) is 0 Å². The van der Waals surface area contributed by atoms with Crippen molar-refractivity contribution in [1.82, 2.24) is 0 Å². The predicted octanol–water partition coefficient (Wildman–Crippen LogP) is 8.33. The lowest BCUT2D eigenvalue weighted by Gasteiger charge is -2.39. The van der Waals surface area contributed by atoms with Crippen molar-refractivity contribution in [1.29, 1.82) is 0 Å². The quantitative estimate of drug-likeness (QED) is 0.0287. The van der Waals surface area contributed by atoms with Crippen LogP contribution in [0.15, 0.2) is 36.5 Å². The molecule has 0 radical (unpaired) electrons. The van der Waals surface area contributed by atoms with E-state index in [9.17, 15) is 30.0 Å². The molecule has 1 saturated heterocycles. The van der Waals surface area contributed by atoms with Crippen LogP contribution in [-0.4, -0.2) is 89.0 Å². The molecule has 10 nitrogen and oxygen atoms in total. The second-order valence-electron chi connectivity index (χ2n) is 14.4. The van der Waals surface area contributed by atoms with Crippen LogP contribution < -0.4 is 0 Å². The standard InChI is InChI=1S/C43H76O10/c1-3-5-7-9-11-13-15-17-18-20-21-23-25-27-29-31-38(45)50-34-36(35-51-43-42(49)41(48)40(47)37(33-44)53-43)52-39(46)32-30-28-26-24-22-19-16-14-12-10-8-6-4-2/h11,13-14,16-18,36-37,40-44,47-49H,3-10,12,15,19-35H2,1-2H3/b13-11-,16-14-,18-17-/t36?,37?,40-,41?,42?,43+/m0/s1. The molecule has 1 rings (SSSR count). The van der Waals surface area contributed by atoms with Gasteiger partial charge in [-0.25, -0.2) is 0 Å². The Kier molecular flexibility index (Phi) is 31.8. The van der Waals surface area contributed by atoms with Crippen molar-refractivity contribution in [2.24, 2.45) is 0 Å². The van der Waals surface area contributed by atoms with Crippen molar-refractivity contribution >= 4 is 11.9 Å². The minimum atomic E-state index is -1.60. The van der Waals surface area contributed by atoms with Crippen LogP contribution >= 0.6 is 0 Å². The molecule has 1 heterocycles. The number of aliphatic hydroxyl groups excluding tert-OH is 4. The number of esters is 2. The van der Waals surface area contributed by atoms with Gasteiger partial charge in [0, 0.05) is 12.8 Å². The highest BCUT2D eigenvalue weighted by atomic mass is 16.7. The molecule has 1 aliphatic rings. The number of aliphatic hydroxyl groups is 4. The fourth-order valence-electron chi connectivity index (χ4n) is 6.09. The van der Waals surface area contributed by atoms with Gasteiger partial charge < -0.3 is 39.4 Å². The van der Waals surface area contributed by atoms with E-state index in [1.54, 1.807) is 0 Å². The summed E-state index contributed by atoms with van der Waals surface area (Å²) < 4.78 is 22.1. The van der Waals surface area contributed by atoms with Crippen LogP contribution in [0.25, 0.3) is 0 Å². The lowest BCUT2D eigenvalue weighted by Crippen LogP contribution is -2.59. The summed E-state index contributed by atoms with van der Waals surface area (Å²) in [6.45, 7) is 3.34. The molecule has 4 N–H and O–H groups in total. The molecule has 308 valence electrons. The Morgan fingerprint density at radius 3 is 1.62 bits per heavy atom. The van der Waals surface area contributed by atoms with Gasteiger partial charge in [-0.3, -0.25) is 9.59 Å². The largest absolute Gasteiger partial charge is 0.462 e. The third-order valence-electron chi connectivity index (χ3n) is 9.50. The number of rotatable bonds is 34. The summed E-state index contributed by atoms with van der Waals surface area (Å²) in [7, 11) is 0. The molecule has 53 heavy (non-hydrogen) atoms. The number of carbonyl (C=O) groups is 2. The molecule has 0 saturated carbocycles. The smallest absolute Gasteiger partial charge is 0.306 e. The number of unbranched alkanes of at least 4 members (excludes halogenated alkanes) is 17. The molecule has 0 amide bonds. The predicted molar refractivity (Wildman–Crippen MR) is 210 cm³/mol. The molecule has 0 aromatic rings. The van der Waals surface area contributed by atoms with Crippen LogP contribution in [0.4, 0.5) is 0 Å². The van der Waals surface area contributed by atoms with Gasteiger partial charge in [-0.15, -0.1) is 0 Å². The van der Waals surface area contributed by atoms with E-state index >= 15 is 0 Å². The van der Waals surface area contributed by atoms with Crippen molar-refractivity contribution in [2.75, 3.05) is 19.8 Å². The second-order valence-corrected chi connectivity index (χ2v) is 14.4. The van der Waals surface area contributed by atoms with Crippen molar-refractivity contribution in [2.45, 2.75) is 205 Å². The molecule has 0 aliphatic carbocycles. The van der Waals surface area contributed by atoms with Gasteiger partial charge in [0.2, 0.25) is 0 Å². The van der Waals surface area contributed by atoms with Crippen LogP contribution in [0, 0.1) is 0 Å². The summed E-state index contributed by atoms with van der Waals surface area (Å²) in [5, 5.41) is 40.0. The average Bonchev–Trinajstić information content (AvgIpc) is 3.15. The third-order valence-corrected chi connectivity index (χ3v) is 9.50. The molecular formula is C43H76O10.